The van der Waals surface area contributed by atoms with E-state index in [1.165, 1.54) is 13.3 Å². The maximum Gasteiger partial charge on any atom is 0.339 e. The minimum absolute atomic E-state index is 0.205. The number of esters is 1. The molecule has 1 rings (SSSR count). The molecule has 0 aliphatic rings. The lowest BCUT2D eigenvalue weighted by molar-refractivity contribution is 0.0600. The Bertz CT molecular complexity index is 335. The number of ether oxygens (including phenoxy) is 1. The summed E-state index contributed by atoms with van der Waals surface area (Å²) < 4.78 is 4.49. The Morgan fingerprint density at radius 1 is 1.62 bits per heavy atom. The van der Waals surface area contributed by atoms with Crippen molar-refractivity contribution in [1.29, 1.82) is 0 Å². The lowest BCUT2D eigenvalue weighted by atomic mass is 10.2. The van der Waals surface area contributed by atoms with Crippen molar-refractivity contribution >= 4 is 23.2 Å². The summed E-state index contributed by atoms with van der Waals surface area (Å²) in [6.45, 7) is 0. The summed E-state index contributed by atoms with van der Waals surface area (Å²) in [6, 6.07) is 3.14. The lowest BCUT2D eigenvalue weighted by Crippen LogP contribution is -2.12. The lowest BCUT2D eigenvalue weighted by Gasteiger charge is -1.99. The molecule has 1 heterocycles. The first kappa shape index (κ1) is 9.60. The highest BCUT2D eigenvalue weighted by molar-refractivity contribution is 7.80. The van der Waals surface area contributed by atoms with Crippen molar-refractivity contribution < 1.29 is 9.53 Å². The Hall–Kier alpha value is -1.49. The number of hydrogen-bond donors (Lipinski definition) is 1. The van der Waals surface area contributed by atoms with Crippen molar-refractivity contribution in [2.75, 3.05) is 7.11 Å². The molecule has 0 saturated heterocycles. The van der Waals surface area contributed by atoms with Crippen molar-refractivity contribution in [2.24, 2.45) is 5.73 Å². The highest BCUT2D eigenvalue weighted by Crippen LogP contribution is 2.01. The Morgan fingerprint density at radius 3 is 2.69 bits per heavy atom. The highest BCUT2D eigenvalue weighted by Gasteiger charge is 2.05. The van der Waals surface area contributed by atoms with Crippen molar-refractivity contribution in [3.05, 3.63) is 29.6 Å². The third-order valence-corrected chi connectivity index (χ3v) is 1.65. The van der Waals surface area contributed by atoms with Gasteiger partial charge in [-0.25, -0.2) is 4.79 Å². The first-order valence-corrected chi connectivity index (χ1v) is 3.90. The monoisotopic (exact) mass is 196 g/mol. The average molecular weight is 196 g/mol. The summed E-state index contributed by atoms with van der Waals surface area (Å²) in [7, 11) is 1.31. The van der Waals surface area contributed by atoms with Crippen LogP contribution < -0.4 is 5.73 Å². The fourth-order valence-corrected chi connectivity index (χ4v) is 0.899. The van der Waals surface area contributed by atoms with Crippen LogP contribution in [-0.2, 0) is 4.74 Å². The van der Waals surface area contributed by atoms with Crippen molar-refractivity contribution in [3.8, 4) is 0 Å². The Balaban J connectivity index is 2.93. The number of carbonyl (C=O) groups is 1. The molecule has 5 heteroatoms. The van der Waals surface area contributed by atoms with Crippen molar-refractivity contribution in [3.63, 3.8) is 0 Å². The first-order valence-electron chi connectivity index (χ1n) is 3.49. The molecule has 4 nitrogen and oxygen atoms in total. The largest absolute Gasteiger partial charge is 0.465 e. The van der Waals surface area contributed by atoms with Gasteiger partial charge in [-0.15, -0.1) is 0 Å². The number of rotatable bonds is 2. The summed E-state index contributed by atoms with van der Waals surface area (Å²) in [6.07, 6.45) is 1.38. The number of thiocarbonyl (C=S) groups is 1. The third-order valence-electron chi connectivity index (χ3n) is 1.44. The van der Waals surface area contributed by atoms with Crippen LogP contribution in [0.25, 0.3) is 0 Å². The van der Waals surface area contributed by atoms with E-state index in [0.29, 0.717) is 11.3 Å². The quantitative estimate of drug-likeness (QED) is 0.551. The number of nitrogens with two attached hydrogens (primary N) is 1. The second-order valence-corrected chi connectivity index (χ2v) is 2.73. The van der Waals surface area contributed by atoms with Gasteiger partial charge in [-0.1, -0.05) is 12.2 Å². The van der Waals surface area contributed by atoms with Crippen LogP contribution in [-0.4, -0.2) is 23.1 Å². The standard InChI is InChI=1S/C8H8N2O2S/c1-12-8(11)5-2-3-6(7(9)13)10-4-5/h2-4H,1H3,(H2,9,13). The molecule has 0 aromatic carbocycles. The van der Waals surface area contributed by atoms with Gasteiger partial charge in [0.15, 0.2) is 0 Å². The molecule has 0 unspecified atom stereocenters. The number of carbonyl (C=O) groups excluding carboxylic acids is 1. The molecule has 1 aromatic heterocycles. The van der Waals surface area contributed by atoms with Gasteiger partial charge in [0.2, 0.25) is 0 Å². The average Bonchev–Trinajstić information content (AvgIpc) is 2.17. The number of nitrogens with zero attached hydrogens (tertiary/aromatic N) is 1. The number of aromatic nitrogens is 1. The molecular formula is C8H8N2O2S. The number of hydrogen-bond acceptors (Lipinski definition) is 4. The third kappa shape index (κ3) is 2.22. The van der Waals surface area contributed by atoms with Crippen LogP contribution in [0.2, 0.25) is 0 Å². The molecule has 0 atom stereocenters. The number of pyridine rings is 1. The zero-order chi connectivity index (χ0) is 9.84. The van der Waals surface area contributed by atoms with Crippen LogP contribution in [0.3, 0.4) is 0 Å². The zero-order valence-electron chi connectivity index (χ0n) is 6.98. The topological polar surface area (TPSA) is 65.2 Å². The van der Waals surface area contributed by atoms with E-state index in [4.69, 9.17) is 18.0 Å². The van der Waals surface area contributed by atoms with E-state index in [1.807, 2.05) is 0 Å². The summed E-state index contributed by atoms with van der Waals surface area (Å²) in [5.41, 5.74) is 6.19. The minimum atomic E-state index is -0.429. The first-order chi connectivity index (χ1) is 6.15. The van der Waals surface area contributed by atoms with Gasteiger partial charge in [-0.05, 0) is 12.1 Å². The van der Waals surface area contributed by atoms with Gasteiger partial charge in [-0.2, -0.15) is 0 Å². The summed E-state index contributed by atoms with van der Waals surface area (Å²) in [5, 5.41) is 0. The Labute approximate surface area is 80.7 Å². The maximum atomic E-state index is 11.0. The van der Waals surface area contributed by atoms with Gasteiger partial charge in [0, 0.05) is 6.20 Å². The van der Waals surface area contributed by atoms with E-state index in [1.54, 1.807) is 12.1 Å². The van der Waals surface area contributed by atoms with E-state index >= 15 is 0 Å². The van der Waals surface area contributed by atoms with E-state index in [2.05, 4.69) is 9.72 Å². The van der Waals surface area contributed by atoms with Crippen molar-refractivity contribution in [2.45, 2.75) is 0 Å². The summed E-state index contributed by atoms with van der Waals surface area (Å²) in [5.74, 6) is -0.429. The normalized spacial score (nSPS) is 9.31. The van der Waals surface area contributed by atoms with Gasteiger partial charge in [-0.3, -0.25) is 4.98 Å². The van der Waals surface area contributed by atoms with E-state index in [0.717, 1.165) is 0 Å². The molecule has 2 N–H and O–H groups in total. The molecule has 0 radical (unpaired) electrons. The van der Waals surface area contributed by atoms with Gasteiger partial charge in [0.25, 0.3) is 0 Å². The molecule has 0 fully saturated rings. The van der Waals surface area contributed by atoms with E-state index in [9.17, 15) is 4.79 Å². The molecule has 0 aliphatic carbocycles. The molecule has 0 bridgehead atoms. The number of methoxy groups -OCH3 is 1. The molecular weight excluding hydrogens is 188 g/mol. The highest BCUT2D eigenvalue weighted by atomic mass is 32.1. The van der Waals surface area contributed by atoms with E-state index in [-0.39, 0.29) is 4.99 Å². The maximum absolute atomic E-state index is 11.0. The predicted octanol–water partition coefficient (Wildman–Crippen LogP) is 0.502. The fraction of sp³-hybridized carbons (Fsp3) is 0.125. The second kappa shape index (κ2) is 3.95. The van der Waals surface area contributed by atoms with Crippen molar-refractivity contribution in [1.82, 2.24) is 4.98 Å². The zero-order valence-corrected chi connectivity index (χ0v) is 7.80. The minimum Gasteiger partial charge on any atom is -0.465 e. The van der Waals surface area contributed by atoms with Gasteiger partial charge < -0.3 is 10.5 Å². The predicted molar refractivity (Wildman–Crippen MR) is 51.5 cm³/mol. The fourth-order valence-electron chi connectivity index (χ4n) is 0.778. The Kier molecular flexibility index (Phi) is 2.92. The van der Waals surface area contributed by atoms with Crippen LogP contribution in [0, 0.1) is 0 Å². The van der Waals surface area contributed by atoms with Gasteiger partial charge >= 0.3 is 5.97 Å². The molecule has 13 heavy (non-hydrogen) atoms. The van der Waals surface area contributed by atoms with Crippen LogP contribution in [0.1, 0.15) is 16.1 Å². The van der Waals surface area contributed by atoms with E-state index < -0.39 is 5.97 Å². The molecule has 0 spiro atoms. The Morgan fingerprint density at radius 2 is 2.31 bits per heavy atom. The molecule has 0 aliphatic heterocycles. The second-order valence-electron chi connectivity index (χ2n) is 2.29. The van der Waals surface area contributed by atoms with Crippen LogP contribution in [0.5, 0.6) is 0 Å². The molecule has 0 saturated carbocycles. The molecule has 68 valence electrons. The van der Waals surface area contributed by atoms with Gasteiger partial charge in [0.1, 0.15) is 4.99 Å². The van der Waals surface area contributed by atoms with Crippen LogP contribution in [0.4, 0.5) is 0 Å². The van der Waals surface area contributed by atoms with Crippen LogP contribution in [0.15, 0.2) is 18.3 Å². The summed E-state index contributed by atoms with van der Waals surface area (Å²) >= 11 is 4.70. The van der Waals surface area contributed by atoms with Crippen LogP contribution >= 0.6 is 12.2 Å². The SMILES string of the molecule is COC(=O)c1ccc(C(N)=S)nc1. The molecule has 0 amide bonds. The smallest absolute Gasteiger partial charge is 0.339 e. The molecule has 1 aromatic rings. The van der Waals surface area contributed by atoms with Gasteiger partial charge in [0.05, 0.1) is 18.4 Å². The summed E-state index contributed by atoms with van der Waals surface area (Å²) in [4.78, 5) is 15.1.